The number of nitrogens with zero attached hydrogens (tertiary/aromatic N) is 1. The van der Waals surface area contributed by atoms with Gasteiger partial charge in [0.25, 0.3) is 0 Å². The maximum absolute atomic E-state index is 11.1. The van der Waals surface area contributed by atoms with E-state index in [-0.39, 0.29) is 11.8 Å². The molecule has 116 valence electrons. The average Bonchev–Trinajstić information content (AvgIpc) is 2.79. The lowest BCUT2D eigenvalue weighted by Gasteiger charge is -2.02. The molecule has 5 nitrogen and oxygen atoms in total. The summed E-state index contributed by atoms with van der Waals surface area (Å²) in [6.07, 6.45) is 1.58. The van der Waals surface area contributed by atoms with Crippen molar-refractivity contribution in [3.8, 4) is 5.88 Å². The highest BCUT2D eigenvalue weighted by Gasteiger charge is 2.09. The normalized spacial score (nSPS) is 11.2. The van der Waals surface area contributed by atoms with Crippen LogP contribution in [0.5, 0.6) is 5.88 Å². The Bertz CT molecular complexity index is 915. The van der Waals surface area contributed by atoms with Gasteiger partial charge in [-0.3, -0.25) is 9.79 Å². The molecule has 0 atom stereocenters. The largest absolute Gasteiger partial charge is 0.494 e. The Labute approximate surface area is 137 Å². The highest BCUT2D eigenvalue weighted by Crippen LogP contribution is 2.28. The van der Waals surface area contributed by atoms with Crippen LogP contribution in [0.1, 0.15) is 12.5 Å². The monoisotopic (exact) mass is 327 g/mol. The molecule has 0 bridgehead atoms. The van der Waals surface area contributed by atoms with Gasteiger partial charge in [-0.15, -0.1) is 0 Å². The highest BCUT2D eigenvalue weighted by atomic mass is 35.5. The quantitative estimate of drug-likeness (QED) is 0.629. The third-order valence-corrected chi connectivity index (χ3v) is 3.52. The van der Waals surface area contributed by atoms with Crippen molar-refractivity contribution in [3.63, 3.8) is 0 Å². The second-order valence-corrected chi connectivity index (χ2v) is 5.50. The van der Waals surface area contributed by atoms with Crippen LogP contribution in [0.25, 0.3) is 10.9 Å². The first-order valence-corrected chi connectivity index (χ1v) is 7.32. The third kappa shape index (κ3) is 3.35. The number of carbonyl (C=O) groups is 1. The first kappa shape index (κ1) is 15.1. The fourth-order valence-electron chi connectivity index (χ4n) is 2.31. The number of amides is 1. The van der Waals surface area contributed by atoms with Gasteiger partial charge in [0, 0.05) is 29.2 Å². The molecule has 2 aromatic carbocycles. The number of halogens is 1. The maximum atomic E-state index is 11.1. The van der Waals surface area contributed by atoms with E-state index in [4.69, 9.17) is 11.6 Å². The van der Waals surface area contributed by atoms with E-state index in [0.717, 1.165) is 10.9 Å². The van der Waals surface area contributed by atoms with Crippen LogP contribution in [-0.4, -0.2) is 22.2 Å². The first-order chi connectivity index (χ1) is 11.0. The van der Waals surface area contributed by atoms with Crippen molar-refractivity contribution < 1.29 is 9.90 Å². The Morgan fingerprint density at radius 3 is 2.91 bits per heavy atom. The number of rotatable bonds is 3. The van der Waals surface area contributed by atoms with E-state index in [0.29, 0.717) is 22.0 Å². The van der Waals surface area contributed by atoms with Crippen LogP contribution in [-0.2, 0) is 4.79 Å². The molecule has 1 aromatic heterocycles. The molecule has 0 radical (unpaired) electrons. The molecule has 0 fully saturated rings. The standard InChI is InChI=1S/C17H14ClN3O2/c1-10(22)20-13-4-2-3-12(8-13)19-9-15-14-6-5-11(18)7-16(14)21-17(15)23/h2-9,21,23H,1H3,(H,20,22). The van der Waals surface area contributed by atoms with Gasteiger partial charge in [-0.1, -0.05) is 23.7 Å². The Balaban J connectivity index is 1.94. The lowest BCUT2D eigenvalue weighted by atomic mass is 10.2. The van der Waals surface area contributed by atoms with E-state index in [1.165, 1.54) is 6.92 Å². The maximum Gasteiger partial charge on any atom is 0.221 e. The fraction of sp³-hybridized carbons (Fsp3) is 0.0588. The number of anilines is 1. The number of aromatic nitrogens is 1. The van der Waals surface area contributed by atoms with Crippen molar-refractivity contribution in [2.45, 2.75) is 6.92 Å². The van der Waals surface area contributed by atoms with Crippen LogP contribution in [0.2, 0.25) is 5.02 Å². The molecule has 6 heteroatoms. The summed E-state index contributed by atoms with van der Waals surface area (Å²) in [5.74, 6) is -0.110. The smallest absolute Gasteiger partial charge is 0.221 e. The van der Waals surface area contributed by atoms with Gasteiger partial charge >= 0.3 is 0 Å². The average molecular weight is 328 g/mol. The molecule has 0 unspecified atom stereocenters. The lowest BCUT2D eigenvalue weighted by Crippen LogP contribution is -2.05. The molecule has 0 aliphatic carbocycles. The van der Waals surface area contributed by atoms with Crippen molar-refractivity contribution in [2.24, 2.45) is 4.99 Å². The van der Waals surface area contributed by atoms with Gasteiger partial charge in [0.15, 0.2) is 5.88 Å². The Morgan fingerprint density at radius 1 is 1.30 bits per heavy atom. The van der Waals surface area contributed by atoms with Crippen molar-refractivity contribution in [1.82, 2.24) is 4.98 Å². The summed E-state index contributed by atoms with van der Waals surface area (Å²) in [6, 6.07) is 12.5. The zero-order chi connectivity index (χ0) is 16.4. The van der Waals surface area contributed by atoms with Crippen LogP contribution >= 0.6 is 11.6 Å². The van der Waals surface area contributed by atoms with Gasteiger partial charge in [0.2, 0.25) is 5.91 Å². The Kier molecular flexibility index (Phi) is 4.04. The predicted molar refractivity (Wildman–Crippen MR) is 93.0 cm³/mol. The predicted octanol–water partition coefficient (Wildman–Crippen LogP) is 4.24. The van der Waals surface area contributed by atoms with Crippen LogP contribution < -0.4 is 5.32 Å². The van der Waals surface area contributed by atoms with Crippen LogP contribution in [0.15, 0.2) is 47.5 Å². The van der Waals surface area contributed by atoms with E-state index < -0.39 is 0 Å². The van der Waals surface area contributed by atoms with Gasteiger partial charge in [-0.2, -0.15) is 0 Å². The topological polar surface area (TPSA) is 77.5 Å². The number of fused-ring (bicyclic) bond motifs is 1. The molecular weight excluding hydrogens is 314 g/mol. The number of H-pyrrole nitrogens is 1. The molecular formula is C17H14ClN3O2. The van der Waals surface area contributed by atoms with E-state index in [2.05, 4.69) is 15.3 Å². The van der Waals surface area contributed by atoms with Crippen molar-refractivity contribution in [3.05, 3.63) is 53.1 Å². The number of nitrogens with one attached hydrogen (secondary N) is 2. The second kappa shape index (κ2) is 6.14. The summed E-state index contributed by atoms with van der Waals surface area (Å²) in [7, 11) is 0. The van der Waals surface area contributed by atoms with Gasteiger partial charge < -0.3 is 15.4 Å². The van der Waals surface area contributed by atoms with E-state index >= 15 is 0 Å². The van der Waals surface area contributed by atoms with Crippen molar-refractivity contribution in [2.75, 3.05) is 5.32 Å². The number of carbonyl (C=O) groups excluding carboxylic acids is 1. The van der Waals surface area contributed by atoms with Gasteiger partial charge in [0.05, 0.1) is 16.8 Å². The molecule has 0 aliphatic heterocycles. The van der Waals surface area contributed by atoms with Gasteiger partial charge in [-0.25, -0.2) is 0 Å². The Hall–Kier alpha value is -2.79. The van der Waals surface area contributed by atoms with Crippen molar-refractivity contribution >= 4 is 46.0 Å². The SMILES string of the molecule is CC(=O)Nc1cccc(N=Cc2c(O)[nH]c3cc(Cl)ccc23)c1. The molecule has 1 amide bonds. The van der Waals surface area contributed by atoms with Crippen LogP contribution in [0, 0.1) is 0 Å². The zero-order valence-electron chi connectivity index (χ0n) is 12.3. The number of hydrogen-bond donors (Lipinski definition) is 3. The number of benzene rings is 2. The van der Waals surface area contributed by atoms with Crippen LogP contribution in [0.3, 0.4) is 0 Å². The molecule has 1 heterocycles. The van der Waals surface area contributed by atoms with Gasteiger partial charge in [0.1, 0.15) is 0 Å². The minimum atomic E-state index is -0.141. The molecule has 0 saturated heterocycles. The minimum absolute atomic E-state index is 0.0315. The molecule has 0 spiro atoms. The molecule has 0 saturated carbocycles. The lowest BCUT2D eigenvalue weighted by molar-refractivity contribution is -0.114. The number of aliphatic imine (C=N–C) groups is 1. The molecule has 3 rings (SSSR count). The molecule has 3 aromatic rings. The van der Waals surface area contributed by atoms with Gasteiger partial charge in [-0.05, 0) is 30.3 Å². The highest BCUT2D eigenvalue weighted by molar-refractivity contribution is 6.31. The molecule has 23 heavy (non-hydrogen) atoms. The number of aromatic amines is 1. The minimum Gasteiger partial charge on any atom is -0.494 e. The number of aromatic hydroxyl groups is 1. The summed E-state index contributed by atoms with van der Waals surface area (Å²) < 4.78 is 0. The Morgan fingerprint density at radius 2 is 2.13 bits per heavy atom. The number of hydrogen-bond acceptors (Lipinski definition) is 3. The van der Waals surface area contributed by atoms with Crippen molar-refractivity contribution in [1.29, 1.82) is 0 Å². The summed E-state index contributed by atoms with van der Waals surface area (Å²) in [5, 5.41) is 14.1. The third-order valence-electron chi connectivity index (χ3n) is 3.29. The summed E-state index contributed by atoms with van der Waals surface area (Å²) in [6.45, 7) is 1.45. The summed E-state index contributed by atoms with van der Waals surface area (Å²) >= 11 is 5.94. The fourth-order valence-corrected chi connectivity index (χ4v) is 2.49. The zero-order valence-corrected chi connectivity index (χ0v) is 13.1. The second-order valence-electron chi connectivity index (χ2n) is 5.07. The first-order valence-electron chi connectivity index (χ1n) is 6.95. The summed E-state index contributed by atoms with van der Waals surface area (Å²) in [5.41, 5.74) is 2.66. The van der Waals surface area contributed by atoms with E-state index in [1.54, 1.807) is 36.5 Å². The molecule has 3 N–H and O–H groups in total. The van der Waals surface area contributed by atoms with E-state index in [9.17, 15) is 9.90 Å². The summed E-state index contributed by atoms with van der Waals surface area (Å²) in [4.78, 5) is 18.3. The molecule has 0 aliphatic rings. The van der Waals surface area contributed by atoms with E-state index in [1.807, 2.05) is 12.1 Å². The van der Waals surface area contributed by atoms with Crippen LogP contribution in [0.4, 0.5) is 11.4 Å².